The number of hydrogen-bond acceptors (Lipinski definition) is 4. The van der Waals surface area contributed by atoms with Gasteiger partial charge >= 0.3 is 0 Å². The lowest BCUT2D eigenvalue weighted by atomic mass is 9.67. The first-order chi connectivity index (χ1) is 12.0. The lowest BCUT2D eigenvalue weighted by Crippen LogP contribution is -2.42. The Morgan fingerprint density at radius 1 is 1.28 bits per heavy atom. The predicted octanol–water partition coefficient (Wildman–Crippen LogP) is 4.62. The van der Waals surface area contributed by atoms with Gasteiger partial charge in [-0.05, 0) is 42.3 Å². The molecule has 3 rings (SSSR count). The molecule has 2 atom stereocenters. The molecule has 0 aliphatic heterocycles. The average Bonchev–Trinajstić information content (AvgIpc) is 2.62. The molecule has 1 heterocycles. The number of amides is 1. The molecule has 2 saturated carbocycles. The second-order valence-corrected chi connectivity index (χ2v) is 7.91. The smallest absolute Gasteiger partial charge is 0.248 e. The third-order valence-corrected chi connectivity index (χ3v) is 6.06. The molecular weight excluding hydrogens is 344 g/mol. The summed E-state index contributed by atoms with van der Waals surface area (Å²) in [4.78, 5) is 16.9. The second kappa shape index (κ2) is 7.99. The van der Waals surface area contributed by atoms with E-state index in [0.29, 0.717) is 23.1 Å². The summed E-state index contributed by atoms with van der Waals surface area (Å²) in [5.41, 5.74) is 0.559. The zero-order chi connectivity index (χ0) is 17.9. The van der Waals surface area contributed by atoms with Gasteiger partial charge in [0.15, 0.2) is 0 Å². The fourth-order valence-corrected chi connectivity index (χ4v) is 4.67. The average molecular weight is 369 g/mol. The van der Waals surface area contributed by atoms with Crippen molar-refractivity contribution < 1.29 is 13.6 Å². The standard InChI is InChI=1S/C18H25F2N3OS/c19-18(20)8-6-14(12-4-2-1-3-5-12)15(11-18)17(24)23-13-7-9-22-16(10-13)25-21/h7,9-10,12,14-15H,1-6,8,11,21H2,(H,22,23,24)/t14-,15+/m0/s1. The molecule has 0 bridgehead atoms. The van der Waals surface area contributed by atoms with E-state index in [1.54, 1.807) is 18.3 Å². The summed E-state index contributed by atoms with van der Waals surface area (Å²) in [7, 11) is 0. The van der Waals surface area contributed by atoms with Gasteiger partial charge in [-0.2, -0.15) is 0 Å². The van der Waals surface area contributed by atoms with Crippen molar-refractivity contribution in [3.63, 3.8) is 0 Å². The molecule has 0 saturated heterocycles. The van der Waals surface area contributed by atoms with Crippen molar-refractivity contribution in [1.82, 2.24) is 4.98 Å². The van der Waals surface area contributed by atoms with Crippen molar-refractivity contribution in [2.75, 3.05) is 5.32 Å². The summed E-state index contributed by atoms with van der Waals surface area (Å²) in [5.74, 6) is -3.22. The Morgan fingerprint density at radius 3 is 2.76 bits per heavy atom. The quantitative estimate of drug-likeness (QED) is 0.760. The third kappa shape index (κ3) is 4.70. The van der Waals surface area contributed by atoms with Gasteiger partial charge in [-0.1, -0.05) is 32.1 Å². The minimum absolute atomic E-state index is 0.0603. The Labute approximate surface area is 151 Å². The fourth-order valence-electron chi connectivity index (χ4n) is 4.35. The number of nitrogens with zero attached hydrogens (tertiary/aromatic N) is 1. The van der Waals surface area contributed by atoms with Crippen LogP contribution in [0.5, 0.6) is 0 Å². The van der Waals surface area contributed by atoms with Crippen LogP contribution in [-0.2, 0) is 4.79 Å². The number of nitrogens with two attached hydrogens (primary N) is 1. The van der Waals surface area contributed by atoms with Gasteiger partial charge in [0, 0.05) is 30.6 Å². The van der Waals surface area contributed by atoms with Crippen molar-refractivity contribution >= 4 is 23.5 Å². The molecule has 0 unspecified atom stereocenters. The summed E-state index contributed by atoms with van der Waals surface area (Å²) in [6.07, 6.45) is 7.18. The maximum Gasteiger partial charge on any atom is 0.248 e. The van der Waals surface area contributed by atoms with Crippen LogP contribution in [-0.4, -0.2) is 16.8 Å². The van der Waals surface area contributed by atoms with Gasteiger partial charge in [-0.3, -0.25) is 9.93 Å². The van der Waals surface area contributed by atoms with Gasteiger partial charge in [-0.15, -0.1) is 0 Å². The van der Waals surface area contributed by atoms with Gasteiger partial charge in [0.2, 0.25) is 11.8 Å². The first kappa shape index (κ1) is 18.6. The molecule has 2 aliphatic rings. The monoisotopic (exact) mass is 369 g/mol. The number of halogens is 2. The van der Waals surface area contributed by atoms with Crippen LogP contribution in [0.25, 0.3) is 0 Å². The largest absolute Gasteiger partial charge is 0.326 e. The Morgan fingerprint density at radius 2 is 2.04 bits per heavy atom. The Bertz CT molecular complexity index is 608. The number of hydrogen-bond donors (Lipinski definition) is 2. The van der Waals surface area contributed by atoms with Gasteiger partial charge in [0.1, 0.15) is 5.03 Å². The second-order valence-electron chi connectivity index (χ2n) is 7.26. The summed E-state index contributed by atoms with van der Waals surface area (Å²) in [6.45, 7) is 0. The molecule has 1 aromatic heterocycles. The van der Waals surface area contributed by atoms with Gasteiger partial charge in [-0.25, -0.2) is 13.8 Å². The topological polar surface area (TPSA) is 68.0 Å². The van der Waals surface area contributed by atoms with E-state index in [0.717, 1.165) is 37.6 Å². The zero-order valence-electron chi connectivity index (χ0n) is 14.2. The van der Waals surface area contributed by atoms with Crippen LogP contribution in [0.1, 0.15) is 51.4 Å². The first-order valence-corrected chi connectivity index (χ1v) is 9.88. The zero-order valence-corrected chi connectivity index (χ0v) is 15.0. The Balaban J connectivity index is 1.75. The van der Waals surface area contributed by atoms with Crippen LogP contribution in [0, 0.1) is 17.8 Å². The molecule has 7 heteroatoms. The molecule has 4 nitrogen and oxygen atoms in total. The highest BCUT2D eigenvalue weighted by Gasteiger charge is 2.46. The van der Waals surface area contributed by atoms with Gasteiger partial charge in [0.05, 0.1) is 0 Å². The first-order valence-electron chi connectivity index (χ1n) is 9.00. The molecule has 0 spiro atoms. The maximum atomic E-state index is 14.0. The number of anilines is 1. The number of aromatic nitrogens is 1. The van der Waals surface area contributed by atoms with Crippen LogP contribution in [0.2, 0.25) is 0 Å². The summed E-state index contributed by atoms with van der Waals surface area (Å²) in [5, 5.41) is 8.88. The number of pyridine rings is 1. The lowest BCUT2D eigenvalue weighted by Gasteiger charge is -2.40. The highest BCUT2D eigenvalue weighted by Crippen LogP contribution is 2.47. The van der Waals surface area contributed by atoms with E-state index in [1.165, 1.54) is 6.42 Å². The third-order valence-electron chi connectivity index (χ3n) is 5.59. The van der Waals surface area contributed by atoms with E-state index in [-0.39, 0.29) is 24.7 Å². The van der Waals surface area contributed by atoms with Gasteiger partial charge < -0.3 is 5.32 Å². The molecule has 3 N–H and O–H groups in total. The Kier molecular flexibility index (Phi) is 5.94. The summed E-state index contributed by atoms with van der Waals surface area (Å²) < 4.78 is 28.0. The van der Waals surface area contributed by atoms with Gasteiger partial charge in [0.25, 0.3) is 0 Å². The Hall–Kier alpha value is -1.21. The number of alkyl halides is 2. The number of carbonyl (C=O) groups excluding carboxylic acids is 1. The number of carbonyl (C=O) groups is 1. The van der Waals surface area contributed by atoms with Crippen molar-refractivity contribution in [2.24, 2.45) is 22.9 Å². The van der Waals surface area contributed by atoms with E-state index >= 15 is 0 Å². The van der Waals surface area contributed by atoms with Crippen LogP contribution in [0.15, 0.2) is 23.4 Å². The molecule has 0 radical (unpaired) electrons. The maximum absolute atomic E-state index is 14.0. The van der Waals surface area contributed by atoms with E-state index in [4.69, 9.17) is 5.14 Å². The van der Waals surface area contributed by atoms with Crippen LogP contribution in [0.4, 0.5) is 14.5 Å². The fraction of sp³-hybridized carbons (Fsp3) is 0.667. The van der Waals surface area contributed by atoms with E-state index in [9.17, 15) is 13.6 Å². The van der Waals surface area contributed by atoms with E-state index < -0.39 is 11.8 Å². The van der Waals surface area contributed by atoms with Crippen LogP contribution in [0.3, 0.4) is 0 Å². The van der Waals surface area contributed by atoms with Crippen molar-refractivity contribution in [3.8, 4) is 0 Å². The molecule has 1 amide bonds. The minimum atomic E-state index is -2.75. The molecule has 1 aromatic rings. The van der Waals surface area contributed by atoms with Crippen LogP contribution < -0.4 is 10.5 Å². The normalized spacial score (nSPS) is 27.0. The lowest BCUT2D eigenvalue weighted by molar-refractivity contribution is -0.134. The molecule has 138 valence electrons. The van der Waals surface area contributed by atoms with Crippen LogP contribution >= 0.6 is 11.9 Å². The molecule has 25 heavy (non-hydrogen) atoms. The molecular formula is C18H25F2N3OS. The minimum Gasteiger partial charge on any atom is -0.326 e. The highest BCUT2D eigenvalue weighted by atomic mass is 32.2. The van der Waals surface area contributed by atoms with Crippen molar-refractivity contribution in [1.29, 1.82) is 0 Å². The van der Waals surface area contributed by atoms with E-state index in [2.05, 4.69) is 10.3 Å². The summed E-state index contributed by atoms with van der Waals surface area (Å²) >= 11 is 0.986. The highest BCUT2D eigenvalue weighted by molar-refractivity contribution is 7.97. The molecule has 2 fully saturated rings. The van der Waals surface area contributed by atoms with Crippen molar-refractivity contribution in [3.05, 3.63) is 18.3 Å². The van der Waals surface area contributed by atoms with Crippen molar-refractivity contribution in [2.45, 2.75) is 62.3 Å². The summed E-state index contributed by atoms with van der Waals surface area (Å²) in [6, 6.07) is 3.33. The van der Waals surface area contributed by atoms with E-state index in [1.807, 2.05) is 0 Å². The molecule has 2 aliphatic carbocycles. The SMILES string of the molecule is NSc1cc(NC(=O)[C@@H]2CC(F)(F)CC[C@H]2C2CCCCC2)ccn1. The predicted molar refractivity (Wildman–Crippen MR) is 95.3 cm³/mol. The molecule has 0 aromatic carbocycles. The number of nitrogens with one attached hydrogen (secondary N) is 1. The number of rotatable bonds is 4.